The van der Waals surface area contributed by atoms with E-state index in [9.17, 15) is 4.79 Å². The summed E-state index contributed by atoms with van der Waals surface area (Å²) < 4.78 is 5.46. The van der Waals surface area contributed by atoms with Crippen LogP contribution in [0.25, 0.3) is 0 Å². The molecule has 18 heavy (non-hydrogen) atoms. The maximum atomic E-state index is 11.9. The first-order chi connectivity index (χ1) is 8.66. The third kappa shape index (κ3) is 3.37. The van der Waals surface area contributed by atoms with Crippen LogP contribution in [0, 0.1) is 6.92 Å². The number of benzene rings is 1. The second kappa shape index (κ2) is 6.07. The van der Waals surface area contributed by atoms with E-state index in [0.29, 0.717) is 10.8 Å². The number of piperazine rings is 1. The van der Waals surface area contributed by atoms with E-state index in [0.717, 1.165) is 31.7 Å². The van der Waals surface area contributed by atoms with Gasteiger partial charge in [0.2, 0.25) is 0 Å². The lowest BCUT2D eigenvalue weighted by molar-refractivity contribution is -0.133. The standard InChI is InChI=1S/C13H17ClN2O2/c1-10-2-3-12(11(14)8-10)18-9-13(17)16-6-4-15-5-7-16/h2-3,8,15H,4-7,9H2,1H3. The van der Waals surface area contributed by atoms with Crippen molar-refractivity contribution in [3.63, 3.8) is 0 Å². The molecule has 1 aliphatic heterocycles. The van der Waals surface area contributed by atoms with Gasteiger partial charge in [0.25, 0.3) is 5.91 Å². The van der Waals surface area contributed by atoms with Crippen molar-refractivity contribution in [1.82, 2.24) is 10.2 Å². The molecule has 0 radical (unpaired) electrons. The lowest BCUT2D eigenvalue weighted by atomic mass is 10.2. The summed E-state index contributed by atoms with van der Waals surface area (Å²) in [4.78, 5) is 13.7. The minimum absolute atomic E-state index is 0.00754. The third-order valence-electron chi connectivity index (χ3n) is 2.91. The van der Waals surface area contributed by atoms with Crippen LogP contribution in [0.5, 0.6) is 5.75 Å². The van der Waals surface area contributed by atoms with Crippen LogP contribution >= 0.6 is 11.6 Å². The Morgan fingerprint density at radius 3 is 2.83 bits per heavy atom. The summed E-state index contributed by atoms with van der Waals surface area (Å²) in [5, 5.41) is 3.75. The van der Waals surface area contributed by atoms with Crippen molar-refractivity contribution in [2.75, 3.05) is 32.8 Å². The Kier molecular flexibility index (Phi) is 4.44. The molecule has 0 saturated carbocycles. The van der Waals surface area contributed by atoms with E-state index in [1.54, 1.807) is 11.0 Å². The van der Waals surface area contributed by atoms with Gasteiger partial charge in [-0.3, -0.25) is 4.79 Å². The highest BCUT2D eigenvalue weighted by molar-refractivity contribution is 6.32. The zero-order chi connectivity index (χ0) is 13.0. The van der Waals surface area contributed by atoms with Crippen LogP contribution in [-0.2, 0) is 4.79 Å². The Balaban J connectivity index is 1.88. The normalized spacial score (nSPS) is 15.6. The Morgan fingerprint density at radius 2 is 2.17 bits per heavy atom. The zero-order valence-corrected chi connectivity index (χ0v) is 11.2. The van der Waals surface area contributed by atoms with Crippen molar-refractivity contribution >= 4 is 17.5 Å². The fourth-order valence-electron chi connectivity index (χ4n) is 1.87. The summed E-state index contributed by atoms with van der Waals surface area (Å²) in [6, 6.07) is 5.53. The molecule has 1 amide bonds. The minimum atomic E-state index is 0.00754. The van der Waals surface area contributed by atoms with E-state index < -0.39 is 0 Å². The quantitative estimate of drug-likeness (QED) is 0.902. The average molecular weight is 269 g/mol. The number of ether oxygens (including phenoxy) is 1. The van der Waals surface area contributed by atoms with Gasteiger partial charge in [-0.05, 0) is 24.6 Å². The summed E-state index contributed by atoms with van der Waals surface area (Å²) in [5.74, 6) is 0.568. The maximum Gasteiger partial charge on any atom is 0.260 e. The number of carbonyl (C=O) groups excluding carboxylic acids is 1. The summed E-state index contributed by atoms with van der Waals surface area (Å²) in [6.45, 7) is 5.17. The smallest absolute Gasteiger partial charge is 0.260 e. The number of carbonyl (C=O) groups is 1. The second-order valence-corrected chi connectivity index (χ2v) is 4.76. The van der Waals surface area contributed by atoms with Gasteiger partial charge >= 0.3 is 0 Å². The van der Waals surface area contributed by atoms with Gasteiger partial charge in [-0.25, -0.2) is 0 Å². The summed E-state index contributed by atoms with van der Waals surface area (Å²) in [7, 11) is 0. The van der Waals surface area contributed by atoms with E-state index in [1.165, 1.54) is 0 Å². The summed E-state index contributed by atoms with van der Waals surface area (Å²) >= 11 is 6.04. The Hall–Kier alpha value is -1.26. The highest BCUT2D eigenvalue weighted by Gasteiger charge is 2.16. The summed E-state index contributed by atoms with van der Waals surface area (Å²) in [5.41, 5.74) is 1.07. The second-order valence-electron chi connectivity index (χ2n) is 4.35. The van der Waals surface area contributed by atoms with Crippen LogP contribution in [0.4, 0.5) is 0 Å². The minimum Gasteiger partial charge on any atom is -0.482 e. The fourth-order valence-corrected chi connectivity index (χ4v) is 2.16. The van der Waals surface area contributed by atoms with Gasteiger partial charge in [0, 0.05) is 26.2 Å². The SMILES string of the molecule is Cc1ccc(OCC(=O)N2CCNCC2)c(Cl)c1. The number of hydrogen-bond donors (Lipinski definition) is 1. The molecule has 0 bridgehead atoms. The number of halogens is 1. The van der Waals surface area contributed by atoms with E-state index in [4.69, 9.17) is 16.3 Å². The Labute approximate surface area is 112 Å². The van der Waals surface area contributed by atoms with Crippen LogP contribution in [0.2, 0.25) is 5.02 Å². The molecule has 0 aliphatic carbocycles. The molecule has 1 aromatic carbocycles. The van der Waals surface area contributed by atoms with Crippen molar-refractivity contribution in [2.45, 2.75) is 6.92 Å². The molecule has 98 valence electrons. The van der Waals surface area contributed by atoms with Gasteiger partial charge in [-0.2, -0.15) is 0 Å². The molecule has 1 saturated heterocycles. The number of nitrogens with one attached hydrogen (secondary N) is 1. The van der Waals surface area contributed by atoms with Crippen LogP contribution in [-0.4, -0.2) is 43.6 Å². The first-order valence-corrected chi connectivity index (χ1v) is 6.42. The molecule has 1 fully saturated rings. The van der Waals surface area contributed by atoms with Crippen molar-refractivity contribution in [2.24, 2.45) is 0 Å². The van der Waals surface area contributed by atoms with Crippen LogP contribution in [0.15, 0.2) is 18.2 Å². The molecule has 1 aliphatic rings. The van der Waals surface area contributed by atoms with Crippen molar-refractivity contribution < 1.29 is 9.53 Å². The first-order valence-electron chi connectivity index (χ1n) is 6.04. The average Bonchev–Trinajstić information content (AvgIpc) is 2.38. The Bertz CT molecular complexity index is 431. The van der Waals surface area contributed by atoms with Gasteiger partial charge in [-0.15, -0.1) is 0 Å². The lowest BCUT2D eigenvalue weighted by Crippen LogP contribution is -2.47. The molecule has 1 heterocycles. The highest BCUT2D eigenvalue weighted by Crippen LogP contribution is 2.25. The monoisotopic (exact) mass is 268 g/mol. The molecule has 0 unspecified atom stereocenters. The molecule has 0 spiro atoms. The highest BCUT2D eigenvalue weighted by atomic mass is 35.5. The molecule has 0 aromatic heterocycles. The molecular formula is C13H17ClN2O2. The third-order valence-corrected chi connectivity index (χ3v) is 3.20. The van der Waals surface area contributed by atoms with Crippen LogP contribution < -0.4 is 10.1 Å². The predicted molar refractivity (Wildman–Crippen MR) is 71.1 cm³/mol. The lowest BCUT2D eigenvalue weighted by Gasteiger charge is -2.27. The number of nitrogens with zero attached hydrogens (tertiary/aromatic N) is 1. The zero-order valence-electron chi connectivity index (χ0n) is 10.4. The first kappa shape index (κ1) is 13.2. The van der Waals surface area contributed by atoms with Gasteiger partial charge in [0.15, 0.2) is 6.61 Å². The largest absolute Gasteiger partial charge is 0.482 e. The summed E-state index contributed by atoms with van der Waals surface area (Å²) in [6.07, 6.45) is 0. The number of aryl methyl sites for hydroxylation is 1. The predicted octanol–water partition coefficient (Wildman–Crippen LogP) is 1.46. The molecule has 1 aromatic rings. The van der Waals surface area contributed by atoms with E-state index in [-0.39, 0.29) is 12.5 Å². The molecule has 1 N–H and O–H groups in total. The van der Waals surface area contributed by atoms with Gasteiger partial charge in [0.05, 0.1) is 5.02 Å². The molecule has 4 nitrogen and oxygen atoms in total. The van der Waals surface area contributed by atoms with E-state index in [2.05, 4.69) is 5.32 Å². The molecule has 0 atom stereocenters. The Morgan fingerprint density at radius 1 is 1.44 bits per heavy atom. The number of rotatable bonds is 3. The molecule has 2 rings (SSSR count). The van der Waals surface area contributed by atoms with Gasteiger partial charge < -0.3 is 15.0 Å². The number of amides is 1. The van der Waals surface area contributed by atoms with Crippen molar-refractivity contribution in [3.8, 4) is 5.75 Å². The fraction of sp³-hybridized carbons (Fsp3) is 0.462. The molecular weight excluding hydrogens is 252 g/mol. The van der Waals surface area contributed by atoms with E-state index >= 15 is 0 Å². The van der Waals surface area contributed by atoms with Crippen molar-refractivity contribution in [3.05, 3.63) is 28.8 Å². The number of hydrogen-bond acceptors (Lipinski definition) is 3. The van der Waals surface area contributed by atoms with Gasteiger partial charge in [0.1, 0.15) is 5.75 Å². The van der Waals surface area contributed by atoms with Crippen LogP contribution in [0.1, 0.15) is 5.56 Å². The van der Waals surface area contributed by atoms with Crippen molar-refractivity contribution in [1.29, 1.82) is 0 Å². The van der Waals surface area contributed by atoms with Crippen LogP contribution in [0.3, 0.4) is 0 Å². The van der Waals surface area contributed by atoms with Gasteiger partial charge in [-0.1, -0.05) is 17.7 Å². The van der Waals surface area contributed by atoms with E-state index in [1.807, 2.05) is 19.1 Å². The molecule has 5 heteroatoms. The maximum absolute atomic E-state index is 11.9. The topological polar surface area (TPSA) is 41.6 Å².